The van der Waals surface area contributed by atoms with Crippen LogP contribution in [0.2, 0.25) is 0 Å². The Morgan fingerprint density at radius 3 is 2.55 bits per heavy atom. The summed E-state index contributed by atoms with van der Waals surface area (Å²) in [5.41, 5.74) is 1.03. The van der Waals surface area contributed by atoms with E-state index in [1.807, 2.05) is 6.92 Å². The van der Waals surface area contributed by atoms with E-state index in [1.165, 1.54) is 13.4 Å². The summed E-state index contributed by atoms with van der Waals surface area (Å²) in [6.45, 7) is 1.94. The minimum atomic E-state index is -0.129. The zero-order chi connectivity index (χ0) is 14.7. The number of benzene rings is 1. The number of hydrogen-bond acceptors (Lipinski definition) is 4. The molecule has 106 valence electrons. The predicted octanol–water partition coefficient (Wildman–Crippen LogP) is 3.85. The number of methoxy groups -OCH3 is 2. The van der Waals surface area contributed by atoms with Crippen molar-refractivity contribution in [1.29, 1.82) is 0 Å². The molecule has 0 radical (unpaired) electrons. The number of furan rings is 1. The van der Waals surface area contributed by atoms with Gasteiger partial charge in [0.1, 0.15) is 21.7 Å². The van der Waals surface area contributed by atoms with Crippen LogP contribution in [0.25, 0.3) is 0 Å². The van der Waals surface area contributed by atoms with Crippen LogP contribution in [-0.4, -0.2) is 20.0 Å². The molecule has 2 rings (SSSR count). The normalized spacial score (nSPS) is 10.4. The number of ketones is 1. The van der Waals surface area contributed by atoms with Crippen molar-refractivity contribution in [1.82, 2.24) is 0 Å². The van der Waals surface area contributed by atoms with Crippen molar-refractivity contribution in [2.24, 2.45) is 0 Å². The van der Waals surface area contributed by atoms with Crippen molar-refractivity contribution in [2.75, 3.05) is 14.2 Å². The molecule has 2 aromatic rings. The fourth-order valence-electron chi connectivity index (χ4n) is 2.04. The molecule has 1 aromatic heterocycles. The second-order valence-electron chi connectivity index (χ2n) is 4.10. The van der Waals surface area contributed by atoms with Gasteiger partial charge in [-0.3, -0.25) is 4.79 Å². The topological polar surface area (TPSA) is 48.7 Å². The molecular weight excluding hydrogens is 324 g/mol. The maximum absolute atomic E-state index is 12.6. The van der Waals surface area contributed by atoms with E-state index in [0.717, 1.165) is 0 Å². The molecule has 5 heteroatoms. The number of rotatable bonds is 5. The molecule has 0 spiro atoms. The smallest absolute Gasteiger partial charge is 0.200 e. The lowest BCUT2D eigenvalue weighted by atomic mass is 10.0. The molecular formula is C15H15BrO4. The Morgan fingerprint density at radius 1 is 1.20 bits per heavy atom. The molecule has 0 atom stereocenters. The van der Waals surface area contributed by atoms with Crippen LogP contribution in [0.5, 0.6) is 11.5 Å². The van der Waals surface area contributed by atoms with Crippen LogP contribution in [0.4, 0.5) is 0 Å². The molecule has 1 heterocycles. The molecule has 0 aliphatic heterocycles. The number of ether oxygens (including phenoxy) is 2. The summed E-state index contributed by atoms with van der Waals surface area (Å²) in [5, 5.41) is 0. The highest BCUT2D eigenvalue weighted by Crippen LogP contribution is 2.38. The Bertz CT molecular complexity index is 631. The molecule has 0 N–H and O–H groups in total. The van der Waals surface area contributed by atoms with Gasteiger partial charge in [-0.25, -0.2) is 0 Å². The molecule has 0 amide bonds. The van der Waals surface area contributed by atoms with Gasteiger partial charge >= 0.3 is 0 Å². The quantitative estimate of drug-likeness (QED) is 0.777. The molecule has 0 bridgehead atoms. The fourth-order valence-corrected chi connectivity index (χ4v) is 2.71. The summed E-state index contributed by atoms with van der Waals surface area (Å²) in [6, 6.07) is 5.10. The van der Waals surface area contributed by atoms with E-state index >= 15 is 0 Å². The Morgan fingerprint density at radius 2 is 1.95 bits per heavy atom. The first-order chi connectivity index (χ1) is 9.63. The second kappa shape index (κ2) is 6.13. The molecule has 0 aliphatic carbocycles. The zero-order valence-corrected chi connectivity index (χ0v) is 13.1. The third kappa shape index (κ3) is 2.45. The highest BCUT2D eigenvalue weighted by Gasteiger charge is 2.22. The maximum atomic E-state index is 12.6. The van der Waals surface area contributed by atoms with Crippen molar-refractivity contribution >= 4 is 21.7 Å². The molecule has 1 aromatic carbocycles. The van der Waals surface area contributed by atoms with E-state index in [0.29, 0.717) is 39.3 Å². The van der Waals surface area contributed by atoms with E-state index in [9.17, 15) is 4.79 Å². The molecule has 4 nitrogen and oxygen atoms in total. The Balaban J connectivity index is 2.53. The van der Waals surface area contributed by atoms with Gasteiger partial charge in [-0.05, 0) is 34.1 Å². The van der Waals surface area contributed by atoms with Crippen LogP contribution in [0.15, 0.2) is 33.4 Å². The molecule has 0 saturated heterocycles. The summed E-state index contributed by atoms with van der Waals surface area (Å²) in [7, 11) is 3.08. The average Bonchev–Trinajstić information content (AvgIpc) is 2.94. The minimum Gasteiger partial charge on any atom is -0.495 e. The van der Waals surface area contributed by atoms with E-state index in [-0.39, 0.29) is 5.78 Å². The van der Waals surface area contributed by atoms with Crippen LogP contribution in [0.1, 0.15) is 28.6 Å². The largest absolute Gasteiger partial charge is 0.495 e. The number of hydrogen-bond donors (Lipinski definition) is 0. The SMILES string of the molecule is CCc1occc1C(=O)c1ccc(OC)c(Br)c1OC. The van der Waals surface area contributed by atoms with Crippen LogP contribution in [0.3, 0.4) is 0 Å². The third-order valence-electron chi connectivity index (χ3n) is 3.04. The molecule has 0 unspecified atom stereocenters. The van der Waals surface area contributed by atoms with Crippen LogP contribution < -0.4 is 9.47 Å². The monoisotopic (exact) mass is 338 g/mol. The molecule has 20 heavy (non-hydrogen) atoms. The van der Waals surface area contributed by atoms with Gasteiger partial charge in [0, 0.05) is 6.42 Å². The first-order valence-corrected chi connectivity index (χ1v) is 6.94. The second-order valence-corrected chi connectivity index (χ2v) is 4.90. The third-order valence-corrected chi connectivity index (χ3v) is 3.79. The predicted molar refractivity (Wildman–Crippen MR) is 78.8 cm³/mol. The van der Waals surface area contributed by atoms with Gasteiger partial charge in [0.15, 0.2) is 5.78 Å². The van der Waals surface area contributed by atoms with Gasteiger partial charge in [-0.15, -0.1) is 0 Å². The van der Waals surface area contributed by atoms with Gasteiger partial charge in [0.2, 0.25) is 0 Å². The highest BCUT2D eigenvalue weighted by molar-refractivity contribution is 9.10. The first-order valence-electron chi connectivity index (χ1n) is 6.15. The fraction of sp³-hybridized carbons (Fsp3) is 0.267. The lowest BCUT2D eigenvalue weighted by molar-refractivity contribution is 0.103. The van der Waals surface area contributed by atoms with Crippen molar-refractivity contribution < 1.29 is 18.7 Å². The Hall–Kier alpha value is -1.75. The average molecular weight is 339 g/mol. The van der Waals surface area contributed by atoms with Gasteiger partial charge < -0.3 is 13.9 Å². The van der Waals surface area contributed by atoms with E-state index in [1.54, 1.807) is 25.3 Å². The van der Waals surface area contributed by atoms with E-state index < -0.39 is 0 Å². The van der Waals surface area contributed by atoms with Gasteiger partial charge in [-0.1, -0.05) is 6.92 Å². The van der Waals surface area contributed by atoms with Crippen molar-refractivity contribution in [3.05, 3.63) is 45.8 Å². The number of halogens is 1. The Labute approximate surface area is 125 Å². The van der Waals surface area contributed by atoms with Crippen LogP contribution in [-0.2, 0) is 6.42 Å². The lowest BCUT2D eigenvalue weighted by Crippen LogP contribution is -2.06. The van der Waals surface area contributed by atoms with Crippen molar-refractivity contribution in [2.45, 2.75) is 13.3 Å². The first kappa shape index (κ1) is 14.7. The van der Waals surface area contributed by atoms with Crippen molar-refractivity contribution in [3.8, 4) is 11.5 Å². The summed E-state index contributed by atoms with van der Waals surface area (Å²) in [4.78, 5) is 12.6. The number of aryl methyl sites for hydroxylation is 1. The molecule has 0 fully saturated rings. The Kier molecular flexibility index (Phi) is 4.49. The van der Waals surface area contributed by atoms with E-state index in [2.05, 4.69) is 15.9 Å². The summed E-state index contributed by atoms with van der Waals surface area (Å²) >= 11 is 3.39. The molecule has 0 saturated carbocycles. The standard InChI is InChI=1S/C15H15BrO4/c1-4-11-9(7-8-20-11)14(17)10-5-6-12(18-2)13(16)15(10)19-3/h5-8H,4H2,1-3H3. The summed E-state index contributed by atoms with van der Waals surface area (Å²) in [5.74, 6) is 1.61. The van der Waals surface area contributed by atoms with Gasteiger partial charge in [-0.2, -0.15) is 0 Å². The van der Waals surface area contributed by atoms with Gasteiger partial charge in [0.05, 0.1) is 31.6 Å². The van der Waals surface area contributed by atoms with Crippen LogP contribution in [0, 0.1) is 0 Å². The lowest BCUT2D eigenvalue weighted by Gasteiger charge is -2.12. The number of carbonyl (C=O) groups is 1. The molecule has 0 aliphatic rings. The van der Waals surface area contributed by atoms with E-state index in [4.69, 9.17) is 13.9 Å². The summed E-state index contributed by atoms with van der Waals surface area (Å²) < 4.78 is 16.5. The zero-order valence-electron chi connectivity index (χ0n) is 11.5. The van der Waals surface area contributed by atoms with Gasteiger partial charge in [0.25, 0.3) is 0 Å². The summed E-state index contributed by atoms with van der Waals surface area (Å²) in [6.07, 6.45) is 2.19. The van der Waals surface area contributed by atoms with Crippen LogP contribution >= 0.6 is 15.9 Å². The minimum absolute atomic E-state index is 0.129. The van der Waals surface area contributed by atoms with Crippen molar-refractivity contribution in [3.63, 3.8) is 0 Å². The maximum Gasteiger partial charge on any atom is 0.200 e. The number of carbonyl (C=O) groups excluding carboxylic acids is 1. The highest BCUT2D eigenvalue weighted by atomic mass is 79.9.